The van der Waals surface area contributed by atoms with Crippen LogP contribution in [0.5, 0.6) is 0 Å². The van der Waals surface area contributed by atoms with Gasteiger partial charge in [-0.15, -0.1) is 0 Å². The third kappa shape index (κ3) is 34.4. The molecule has 3 unspecified atom stereocenters. The molecule has 0 aromatic carbocycles. The van der Waals surface area contributed by atoms with Crippen LogP contribution in [0, 0.1) is 0 Å². The van der Waals surface area contributed by atoms with Crippen molar-refractivity contribution in [2.75, 3.05) is 40.9 Å². The summed E-state index contributed by atoms with van der Waals surface area (Å²) in [5.41, 5.74) is 0. The van der Waals surface area contributed by atoms with Gasteiger partial charge in [0, 0.05) is 6.42 Å². The molecule has 9 heteroatoms. The molecule has 0 aromatic heterocycles. The Balaban J connectivity index is 4.53. The van der Waals surface area contributed by atoms with Gasteiger partial charge in [-0.1, -0.05) is 126 Å². The van der Waals surface area contributed by atoms with Crippen molar-refractivity contribution in [1.29, 1.82) is 0 Å². The molecule has 1 amide bonds. The Labute approximate surface area is 301 Å². The van der Waals surface area contributed by atoms with Gasteiger partial charge in [0.05, 0.1) is 39.9 Å². The summed E-state index contributed by atoms with van der Waals surface area (Å²) in [5.74, 6) is -0.204. The molecule has 8 nitrogen and oxygen atoms in total. The molecule has 49 heavy (non-hydrogen) atoms. The van der Waals surface area contributed by atoms with Crippen molar-refractivity contribution < 1.29 is 32.9 Å². The lowest BCUT2D eigenvalue weighted by Gasteiger charge is -2.25. The number of unbranched alkanes of at least 4 members (excludes halogenated alkanes) is 12. The number of carbonyl (C=O) groups is 1. The predicted octanol–water partition coefficient (Wildman–Crippen LogP) is 9.90. The summed E-state index contributed by atoms with van der Waals surface area (Å²) in [4.78, 5) is 23.0. The van der Waals surface area contributed by atoms with E-state index in [1.807, 2.05) is 27.2 Å². The lowest BCUT2D eigenvalue weighted by molar-refractivity contribution is -0.870. The highest BCUT2D eigenvalue weighted by atomic mass is 31.2. The number of quaternary nitrogens is 1. The number of aliphatic hydroxyl groups is 1. The van der Waals surface area contributed by atoms with Crippen LogP contribution in [-0.2, 0) is 18.4 Å². The Morgan fingerprint density at radius 3 is 1.88 bits per heavy atom. The number of phosphoric ester groups is 1. The van der Waals surface area contributed by atoms with Gasteiger partial charge in [0.15, 0.2) is 0 Å². The zero-order valence-corrected chi connectivity index (χ0v) is 32.8. The minimum Gasteiger partial charge on any atom is -0.387 e. The van der Waals surface area contributed by atoms with E-state index in [-0.39, 0.29) is 19.1 Å². The zero-order chi connectivity index (χ0) is 36.5. The first-order valence-corrected chi connectivity index (χ1v) is 20.7. The largest absolute Gasteiger partial charge is 0.472 e. The van der Waals surface area contributed by atoms with Crippen LogP contribution in [0.15, 0.2) is 60.8 Å². The van der Waals surface area contributed by atoms with E-state index in [4.69, 9.17) is 9.05 Å². The average molecular weight is 710 g/mol. The van der Waals surface area contributed by atoms with E-state index < -0.39 is 20.0 Å². The molecule has 0 spiro atoms. The first-order valence-electron chi connectivity index (χ1n) is 19.2. The Morgan fingerprint density at radius 2 is 1.24 bits per heavy atom. The van der Waals surface area contributed by atoms with Crippen LogP contribution < -0.4 is 5.32 Å². The molecule has 0 heterocycles. The van der Waals surface area contributed by atoms with Gasteiger partial charge in [0.2, 0.25) is 5.91 Å². The Kier molecular flexibility index (Phi) is 31.0. The van der Waals surface area contributed by atoms with E-state index in [0.29, 0.717) is 17.4 Å². The number of hydrogen-bond acceptors (Lipinski definition) is 5. The normalized spacial score (nSPS) is 15.3. The molecule has 0 fully saturated rings. The summed E-state index contributed by atoms with van der Waals surface area (Å²) < 4.78 is 23.4. The van der Waals surface area contributed by atoms with Crippen LogP contribution >= 0.6 is 7.82 Å². The Bertz CT molecular complexity index is 986. The molecule has 0 aliphatic carbocycles. The van der Waals surface area contributed by atoms with E-state index >= 15 is 0 Å². The fourth-order valence-corrected chi connectivity index (χ4v) is 5.63. The maximum Gasteiger partial charge on any atom is 0.472 e. The molecule has 0 aliphatic heterocycles. The summed E-state index contributed by atoms with van der Waals surface area (Å²) in [6.07, 6.45) is 40.0. The lowest BCUT2D eigenvalue weighted by Crippen LogP contribution is -2.45. The van der Waals surface area contributed by atoms with Gasteiger partial charge in [0.1, 0.15) is 13.2 Å². The second-order valence-electron chi connectivity index (χ2n) is 13.9. The maximum atomic E-state index is 12.8. The van der Waals surface area contributed by atoms with E-state index in [9.17, 15) is 19.4 Å². The van der Waals surface area contributed by atoms with Gasteiger partial charge in [-0.2, -0.15) is 0 Å². The van der Waals surface area contributed by atoms with Crippen molar-refractivity contribution >= 4 is 13.7 Å². The van der Waals surface area contributed by atoms with Crippen molar-refractivity contribution in [3.8, 4) is 0 Å². The average Bonchev–Trinajstić information content (AvgIpc) is 3.04. The van der Waals surface area contributed by atoms with Crippen molar-refractivity contribution in [3.05, 3.63) is 60.8 Å². The molecule has 0 saturated carbocycles. The van der Waals surface area contributed by atoms with Crippen molar-refractivity contribution in [3.63, 3.8) is 0 Å². The van der Waals surface area contributed by atoms with Crippen LogP contribution in [0.25, 0.3) is 0 Å². The Hall–Kier alpha value is -1.80. The smallest absolute Gasteiger partial charge is 0.387 e. The number of likely N-dealkylation sites (N-methyl/N-ethyl adjacent to an activating group) is 1. The van der Waals surface area contributed by atoms with Crippen LogP contribution in [-0.4, -0.2) is 73.4 Å². The molecule has 3 N–H and O–H groups in total. The number of nitrogens with zero attached hydrogens (tertiary/aromatic N) is 1. The monoisotopic (exact) mass is 710 g/mol. The number of amides is 1. The van der Waals surface area contributed by atoms with Crippen LogP contribution in [0.4, 0.5) is 0 Å². The molecule has 0 radical (unpaired) electrons. The quantitative estimate of drug-likeness (QED) is 0.0271. The highest BCUT2D eigenvalue weighted by Crippen LogP contribution is 2.43. The van der Waals surface area contributed by atoms with E-state index in [0.717, 1.165) is 70.6 Å². The standard InChI is InChI=1S/C40H73N2O6P/c1-6-8-10-12-14-16-18-19-20-21-22-23-24-26-28-30-32-34-40(44)41-38(37-48-49(45,46)47-36-35-42(3,4)5)39(43)33-31-29-27-25-17-15-13-11-9-7-2/h8,10,14,16-17,19-20,25,31,33,38-39,43H,6-7,9,11-13,15,18,21-24,26-30,32,34-37H2,1-5H3,(H-,41,44,45,46)/p+1/b10-8-,16-14-,20-19-,25-17+,33-31+. The summed E-state index contributed by atoms with van der Waals surface area (Å²) in [6, 6.07) is -0.867. The zero-order valence-electron chi connectivity index (χ0n) is 31.9. The number of aliphatic hydroxyl groups excluding tert-OH is 1. The van der Waals surface area contributed by atoms with Gasteiger partial charge in [-0.05, 0) is 64.2 Å². The van der Waals surface area contributed by atoms with Crippen LogP contribution in [0.3, 0.4) is 0 Å². The molecular weight excluding hydrogens is 635 g/mol. The number of allylic oxidation sites excluding steroid dienone is 9. The lowest BCUT2D eigenvalue weighted by atomic mass is 10.1. The predicted molar refractivity (Wildman–Crippen MR) is 207 cm³/mol. The molecule has 0 aromatic rings. The highest BCUT2D eigenvalue weighted by molar-refractivity contribution is 7.47. The maximum absolute atomic E-state index is 12.8. The molecule has 0 bridgehead atoms. The summed E-state index contributed by atoms with van der Waals surface area (Å²) in [5, 5.41) is 13.7. The topological polar surface area (TPSA) is 105 Å². The molecule has 0 aliphatic rings. The fourth-order valence-electron chi connectivity index (χ4n) is 4.89. The summed E-state index contributed by atoms with van der Waals surface area (Å²) in [7, 11) is 1.53. The third-order valence-electron chi connectivity index (χ3n) is 7.97. The van der Waals surface area contributed by atoms with Gasteiger partial charge in [-0.3, -0.25) is 13.8 Å². The van der Waals surface area contributed by atoms with Gasteiger partial charge in [-0.25, -0.2) is 4.57 Å². The first-order chi connectivity index (χ1) is 23.5. The first kappa shape index (κ1) is 47.2. The van der Waals surface area contributed by atoms with E-state index in [2.05, 4.69) is 67.8 Å². The summed E-state index contributed by atoms with van der Waals surface area (Å²) >= 11 is 0. The highest BCUT2D eigenvalue weighted by Gasteiger charge is 2.27. The van der Waals surface area contributed by atoms with Crippen molar-refractivity contribution in [2.45, 2.75) is 148 Å². The van der Waals surface area contributed by atoms with E-state index in [1.54, 1.807) is 6.08 Å². The van der Waals surface area contributed by atoms with Gasteiger partial charge >= 0.3 is 7.82 Å². The number of phosphoric acid groups is 1. The SMILES string of the molecule is CC/C=C\C/C=C\C/C=C\CCCCCCCCCC(=O)NC(COP(=O)(O)OCC[N+](C)(C)C)C(O)/C=C/CC/C=C/CCCCCC. The number of nitrogens with one attached hydrogen (secondary N) is 1. The fraction of sp³-hybridized carbons (Fsp3) is 0.725. The van der Waals surface area contributed by atoms with Crippen molar-refractivity contribution in [1.82, 2.24) is 5.32 Å². The number of hydrogen-bond donors (Lipinski definition) is 3. The Morgan fingerprint density at radius 1 is 0.714 bits per heavy atom. The molecule has 284 valence electrons. The molecular formula is C40H74N2O6P+. The minimum atomic E-state index is -4.34. The molecule has 0 saturated heterocycles. The number of rotatable bonds is 33. The number of carbonyl (C=O) groups excluding carboxylic acids is 1. The second kappa shape index (κ2) is 32.1. The second-order valence-corrected chi connectivity index (χ2v) is 15.4. The molecule has 3 atom stereocenters. The van der Waals surface area contributed by atoms with Crippen LogP contribution in [0.2, 0.25) is 0 Å². The third-order valence-corrected chi connectivity index (χ3v) is 8.96. The summed E-state index contributed by atoms with van der Waals surface area (Å²) in [6.45, 7) is 4.60. The van der Waals surface area contributed by atoms with Gasteiger partial charge in [0.25, 0.3) is 0 Å². The molecule has 0 rings (SSSR count). The van der Waals surface area contributed by atoms with E-state index in [1.165, 1.54) is 44.9 Å². The minimum absolute atomic E-state index is 0.0510. The van der Waals surface area contributed by atoms with Crippen molar-refractivity contribution in [2.24, 2.45) is 0 Å². The van der Waals surface area contributed by atoms with Gasteiger partial charge < -0.3 is 19.8 Å². The van der Waals surface area contributed by atoms with Crippen LogP contribution in [0.1, 0.15) is 136 Å².